The molecule has 0 aromatic carbocycles. The van der Waals surface area contributed by atoms with Gasteiger partial charge in [-0.25, -0.2) is 0 Å². The Balaban J connectivity index is 1.22. The highest BCUT2D eigenvalue weighted by Gasteiger charge is 2.55. The van der Waals surface area contributed by atoms with Crippen molar-refractivity contribution < 1.29 is 103 Å². The fourth-order valence-corrected chi connectivity index (χ4v) is 7.72. The monoisotopic (exact) mass is 851 g/mol. The lowest BCUT2D eigenvalue weighted by atomic mass is 9.94. The highest BCUT2D eigenvalue weighted by atomic mass is 16.8. The van der Waals surface area contributed by atoms with E-state index >= 15 is 0 Å². The zero-order chi connectivity index (χ0) is 42.7. The largest absolute Gasteiger partial charge is 0.394 e. The van der Waals surface area contributed by atoms with Gasteiger partial charge in [0.2, 0.25) is 0 Å². The summed E-state index contributed by atoms with van der Waals surface area (Å²) in [7, 11) is 2.59. The summed E-state index contributed by atoms with van der Waals surface area (Å²) in [6.07, 6.45) is -28.1. The Hall–Kier alpha value is -1.04. The Morgan fingerprint density at radius 1 is 0.345 bits per heavy atom. The predicted octanol–water partition coefficient (Wildman–Crippen LogP) is -10.8. The number of rotatable bonds is 15. The number of methoxy groups -OCH3 is 2. The van der Waals surface area contributed by atoms with E-state index in [1.165, 1.54) is 14.2 Å². The second-order valence-electron chi connectivity index (χ2n) is 14.8. The van der Waals surface area contributed by atoms with Gasteiger partial charge in [-0.2, -0.15) is 0 Å². The first-order valence-corrected chi connectivity index (χ1v) is 18.8. The molecule has 0 saturated carbocycles. The van der Waals surface area contributed by atoms with E-state index in [1.54, 1.807) is 0 Å². The lowest BCUT2D eigenvalue weighted by Crippen LogP contribution is -2.70. The number of nitrogens with two attached hydrogens (primary N) is 5. The summed E-state index contributed by atoms with van der Waals surface area (Å²) in [6, 6.07) is -6.68. The van der Waals surface area contributed by atoms with Crippen molar-refractivity contribution in [3.05, 3.63) is 0 Å². The van der Waals surface area contributed by atoms with Gasteiger partial charge in [0.15, 0.2) is 31.5 Å². The fourth-order valence-electron chi connectivity index (χ4n) is 7.72. The number of hydrogen-bond acceptors (Lipinski definition) is 26. The molecule has 5 aliphatic rings. The lowest BCUT2D eigenvalue weighted by molar-refractivity contribution is -0.364. The molecule has 5 heterocycles. The minimum absolute atomic E-state index is 0.572. The first-order chi connectivity index (χ1) is 27.6. The van der Waals surface area contributed by atoms with E-state index in [0.29, 0.717) is 0 Å². The van der Waals surface area contributed by atoms with E-state index in [4.69, 9.17) is 80.8 Å². The second kappa shape index (κ2) is 20.9. The zero-order valence-corrected chi connectivity index (χ0v) is 31.8. The van der Waals surface area contributed by atoms with Crippen molar-refractivity contribution in [1.82, 2.24) is 0 Å². The molecular weight excluding hydrogens is 790 g/mol. The van der Waals surface area contributed by atoms with Crippen molar-refractivity contribution in [3.63, 3.8) is 0 Å². The molecule has 0 aliphatic carbocycles. The van der Waals surface area contributed by atoms with Gasteiger partial charge < -0.3 is 132 Å². The van der Waals surface area contributed by atoms with E-state index in [1.807, 2.05) is 0 Å². The van der Waals surface area contributed by atoms with Crippen LogP contribution in [0.3, 0.4) is 0 Å². The normalized spacial score (nSPS) is 51.8. The molecule has 0 bridgehead atoms. The maximum atomic E-state index is 11.4. The van der Waals surface area contributed by atoms with E-state index in [-0.39, 0.29) is 0 Å². The maximum Gasteiger partial charge on any atom is 0.176 e. The average molecular weight is 852 g/mol. The van der Waals surface area contributed by atoms with Crippen LogP contribution < -0.4 is 28.7 Å². The highest BCUT2D eigenvalue weighted by molar-refractivity contribution is 5.01. The third-order valence-corrected chi connectivity index (χ3v) is 11.2. The third-order valence-electron chi connectivity index (χ3n) is 11.2. The lowest BCUT2D eigenvalue weighted by Gasteiger charge is -2.50. The van der Waals surface area contributed by atoms with Gasteiger partial charge in [0.25, 0.3) is 0 Å². The van der Waals surface area contributed by atoms with E-state index in [0.717, 1.165) is 0 Å². The van der Waals surface area contributed by atoms with Crippen LogP contribution >= 0.6 is 0 Å². The molecule has 26 nitrogen and oxygen atoms in total. The highest BCUT2D eigenvalue weighted by Crippen LogP contribution is 2.34. The topological polar surface area (TPSA) is 434 Å². The summed E-state index contributed by atoms with van der Waals surface area (Å²) in [4.78, 5) is 0. The second-order valence-corrected chi connectivity index (χ2v) is 14.8. The molecule has 5 saturated heterocycles. The molecule has 0 aromatic rings. The Morgan fingerprint density at radius 2 is 0.552 bits per heavy atom. The number of hydrogen-bond donors (Lipinski definition) is 15. The number of ether oxygens (including phenoxy) is 11. The Labute approximate surface area is 332 Å². The molecule has 5 fully saturated rings. The van der Waals surface area contributed by atoms with E-state index < -0.39 is 186 Å². The van der Waals surface area contributed by atoms with Gasteiger partial charge in [-0.3, -0.25) is 0 Å². The zero-order valence-electron chi connectivity index (χ0n) is 31.8. The van der Waals surface area contributed by atoms with Crippen molar-refractivity contribution in [2.24, 2.45) is 28.7 Å². The Bertz CT molecular complexity index is 1250. The minimum Gasteiger partial charge on any atom is -0.394 e. The first kappa shape index (κ1) is 48.0. The van der Waals surface area contributed by atoms with Crippen molar-refractivity contribution in [2.75, 3.05) is 47.3 Å². The smallest absolute Gasteiger partial charge is 0.176 e. The summed E-state index contributed by atoms with van der Waals surface area (Å²) < 4.78 is 62.5. The van der Waals surface area contributed by atoms with Crippen LogP contribution in [0.2, 0.25) is 0 Å². The van der Waals surface area contributed by atoms with Crippen LogP contribution in [0.25, 0.3) is 0 Å². The van der Waals surface area contributed by atoms with Gasteiger partial charge >= 0.3 is 0 Å². The quantitative estimate of drug-likeness (QED) is 0.0727. The molecule has 340 valence electrons. The minimum atomic E-state index is -1.72. The summed E-state index contributed by atoms with van der Waals surface area (Å²) in [5.41, 5.74) is 31.0. The molecule has 20 N–H and O–H groups in total. The van der Waals surface area contributed by atoms with Crippen molar-refractivity contribution in [1.29, 1.82) is 0 Å². The van der Waals surface area contributed by atoms with Crippen LogP contribution in [0.4, 0.5) is 0 Å². The molecule has 5 aliphatic heterocycles. The number of aliphatic hydroxyl groups excluding tert-OH is 10. The SMILES string of the molecule is COC1OC(CO)C(OC2OC(CO)C(OC3OC(CO)C(OC4OC(CO)C(OC5OC(CO)C(OC)C(O)C5N)C(O)C4N)C(O)C3N)C(O)C2N)C(O)C1N. The van der Waals surface area contributed by atoms with Gasteiger partial charge in [0.1, 0.15) is 91.6 Å². The standard InChI is InChI=1S/C32H61N5O21/c1-48-23-8(3-38)51-29(14(34)18(23)43)56-25-10(5-40)53-31(16(36)20(25)45)58-27-12(7-42)54-32(17(37)22(27)47)57-26-11(6-41)52-30(15(35)21(26)46)55-24-9(4-39)50-28(49-2)13(33)19(24)44/h8-32,38-47H,3-7,33-37H2,1-2H3. The van der Waals surface area contributed by atoms with Crippen LogP contribution in [-0.4, -0.2) is 252 Å². The molecule has 58 heavy (non-hydrogen) atoms. The van der Waals surface area contributed by atoms with Crippen LogP contribution in [0, 0.1) is 0 Å². The van der Waals surface area contributed by atoms with Gasteiger partial charge in [-0.15, -0.1) is 0 Å². The van der Waals surface area contributed by atoms with E-state index in [2.05, 4.69) is 0 Å². The summed E-state index contributed by atoms with van der Waals surface area (Å²) in [6.45, 7) is -3.56. The molecule has 0 amide bonds. The van der Waals surface area contributed by atoms with Gasteiger partial charge in [0.05, 0.1) is 63.2 Å². The molecule has 25 unspecified atom stereocenters. The van der Waals surface area contributed by atoms with E-state index in [9.17, 15) is 51.1 Å². The van der Waals surface area contributed by atoms with Gasteiger partial charge in [-0.1, -0.05) is 0 Å². The van der Waals surface area contributed by atoms with Crippen molar-refractivity contribution in [3.8, 4) is 0 Å². The number of aliphatic hydroxyl groups is 10. The Morgan fingerprint density at radius 3 is 0.776 bits per heavy atom. The average Bonchev–Trinajstić information content (AvgIpc) is 3.22. The molecule has 0 spiro atoms. The molecular formula is C32H61N5O21. The molecule has 5 rings (SSSR count). The Kier molecular flexibility index (Phi) is 17.3. The van der Waals surface area contributed by atoms with Crippen LogP contribution in [-0.2, 0) is 52.1 Å². The van der Waals surface area contributed by atoms with Crippen molar-refractivity contribution >= 4 is 0 Å². The van der Waals surface area contributed by atoms with Gasteiger partial charge in [0, 0.05) is 14.2 Å². The fraction of sp³-hybridized carbons (Fsp3) is 1.00. The summed E-state index contributed by atoms with van der Waals surface area (Å²) in [5.74, 6) is 0. The summed E-state index contributed by atoms with van der Waals surface area (Å²) >= 11 is 0. The molecule has 25 atom stereocenters. The molecule has 0 radical (unpaired) electrons. The molecule has 26 heteroatoms. The van der Waals surface area contributed by atoms with Crippen LogP contribution in [0.1, 0.15) is 0 Å². The molecule has 0 aromatic heterocycles. The van der Waals surface area contributed by atoms with Crippen LogP contribution in [0.5, 0.6) is 0 Å². The van der Waals surface area contributed by atoms with Gasteiger partial charge in [-0.05, 0) is 0 Å². The van der Waals surface area contributed by atoms with Crippen LogP contribution in [0.15, 0.2) is 0 Å². The predicted molar refractivity (Wildman–Crippen MR) is 186 cm³/mol. The maximum absolute atomic E-state index is 11.4. The summed E-state index contributed by atoms with van der Waals surface area (Å²) in [5, 5.41) is 106. The van der Waals surface area contributed by atoms with Crippen molar-refractivity contribution in [2.45, 2.75) is 153 Å². The third kappa shape index (κ3) is 9.62. The first-order valence-electron chi connectivity index (χ1n) is 18.8.